The molecule has 0 aromatic heterocycles. The summed E-state index contributed by atoms with van der Waals surface area (Å²) in [5, 5.41) is 19.8. The molecule has 0 saturated heterocycles. The van der Waals surface area contributed by atoms with Gasteiger partial charge < -0.3 is 5.11 Å². The van der Waals surface area contributed by atoms with E-state index in [0.717, 1.165) is 22.3 Å². The Labute approximate surface area is 114 Å². The summed E-state index contributed by atoms with van der Waals surface area (Å²) in [6, 6.07) is 15.1. The summed E-state index contributed by atoms with van der Waals surface area (Å²) in [6.07, 6.45) is 0. The highest BCUT2D eigenvalue weighted by molar-refractivity contribution is 5.45. The maximum Gasteiger partial charge on any atom is 0.112 e. The van der Waals surface area contributed by atoms with E-state index < -0.39 is 5.60 Å². The Balaban J connectivity index is 2.58. The second kappa shape index (κ2) is 4.87. The Morgan fingerprint density at radius 3 is 2.47 bits per heavy atom. The van der Waals surface area contributed by atoms with Crippen LogP contribution in [0.2, 0.25) is 0 Å². The molecule has 0 spiro atoms. The van der Waals surface area contributed by atoms with E-state index in [2.05, 4.69) is 6.07 Å². The first-order chi connectivity index (χ1) is 8.96. The largest absolute Gasteiger partial charge is 0.381 e. The Morgan fingerprint density at radius 2 is 1.79 bits per heavy atom. The molecule has 2 rings (SSSR count). The number of aliphatic hydroxyl groups is 1. The fourth-order valence-electron chi connectivity index (χ4n) is 2.33. The molecule has 2 nitrogen and oxygen atoms in total. The van der Waals surface area contributed by atoms with Gasteiger partial charge in [0.05, 0.1) is 11.6 Å². The Morgan fingerprint density at radius 1 is 1.11 bits per heavy atom. The number of nitriles is 1. The zero-order valence-corrected chi connectivity index (χ0v) is 11.4. The van der Waals surface area contributed by atoms with Gasteiger partial charge in [-0.25, -0.2) is 0 Å². The minimum atomic E-state index is -1.09. The maximum atomic E-state index is 10.9. The van der Waals surface area contributed by atoms with E-state index in [1.807, 2.05) is 38.1 Å². The third-order valence-electron chi connectivity index (χ3n) is 3.68. The minimum absolute atomic E-state index is 0.558. The monoisotopic (exact) mass is 251 g/mol. The molecule has 0 heterocycles. The SMILES string of the molecule is Cc1cccc(C(C)(O)c2cccc(C#N)c2)c1C. The highest BCUT2D eigenvalue weighted by Crippen LogP contribution is 2.32. The molecular formula is C17H17NO. The van der Waals surface area contributed by atoms with Crippen LogP contribution in [0.1, 0.15) is 34.7 Å². The fraction of sp³-hybridized carbons (Fsp3) is 0.235. The average Bonchev–Trinajstić information content (AvgIpc) is 2.41. The van der Waals surface area contributed by atoms with Gasteiger partial charge in [0.1, 0.15) is 5.60 Å². The summed E-state index contributed by atoms with van der Waals surface area (Å²) in [5.41, 5.74) is 3.30. The van der Waals surface area contributed by atoms with Gasteiger partial charge in [-0.1, -0.05) is 30.3 Å². The van der Waals surface area contributed by atoms with Crippen molar-refractivity contribution >= 4 is 0 Å². The molecule has 0 aliphatic rings. The van der Waals surface area contributed by atoms with E-state index in [4.69, 9.17) is 5.26 Å². The van der Waals surface area contributed by atoms with Gasteiger partial charge in [0.25, 0.3) is 0 Å². The summed E-state index contributed by atoms with van der Waals surface area (Å²) in [6.45, 7) is 5.80. The molecule has 2 aromatic carbocycles. The van der Waals surface area contributed by atoms with Crippen LogP contribution in [0.4, 0.5) is 0 Å². The van der Waals surface area contributed by atoms with Gasteiger partial charge in [-0.3, -0.25) is 0 Å². The molecule has 0 aliphatic heterocycles. The topological polar surface area (TPSA) is 44.0 Å². The predicted molar refractivity (Wildman–Crippen MR) is 75.7 cm³/mol. The number of aryl methyl sites for hydroxylation is 1. The number of benzene rings is 2. The van der Waals surface area contributed by atoms with E-state index in [-0.39, 0.29) is 0 Å². The number of nitrogens with zero attached hydrogens (tertiary/aromatic N) is 1. The van der Waals surface area contributed by atoms with Crippen LogP contribution in [0.25, 0.3) is 0 Å². The second-order valence-electron chi connectivity index (χ2n) is 5.01. The molecule has 0 fully saturated rings. The third kappa shape index (κ3) is 2.38. The van der Waals surface area contributed by atoms with Crippen molar-refractivity contribution in [3.8, 4) is 6.07 Å². The maximum absolute atomic E-state index is 10.9. The van der Waals surface area contributed by atoms with Crippen LogP contribution < -0.4 is 0 Å². The third-order valence-corrected chi connectivity index (χ3v) is 3.68. The van der Waals surface area contributed by atoms with Crippen LogP contribution in [0.3, 0.4) is 0 Å². The van der Waals surface area contributed by atoms with Crippen molar-refractivity contribution in [1.29, 1.82) is 5.26 Å². The zero-order valence-electron chi connectivity index (χ0n) is 11.4. The summed E-state index contributed by atoms with van der Waals surface area (Å²) in [7, 11) is 0. The molecule has 0 amide bonds. The van der Waals surface area contributed by atoms with Gasteiger partial charge in [-0.2, -0.15) is 5.26 Å². The Kier molecular flexibility index (Phi) is 3.42. The zero-order chi connectivity index (χ0) is 14.0. The minimum Gasteiger partial charge on any atom is -0.381 e. The second-order valence-corrected chi connectivity index (χ2v) is 5.01. The van der Waals surface area contributed by atoms with Crippen LogP contribution in [0, 0.1) is 25.2 Å². The number of hydrogen-bond acceptors (Lipinski definition) is 2. The molecule has 1 atom stereocenters. The molecule has 19 heavy (non-hydrogen) atoms. The van der Waals surface area contributed by atoms with E-state index in [1.165, 1.54) is 0 Å². The molecule has 1 unspecified atom stereocenters. The first-order valence-corrected chi connectivity index (χ1v) is 6.26. The lowest BCUT2D eigenvalue weighted by molar-refractivity contribution is 0.101. The molecular weight excluding hydrogens is 234 g/mol. The molecule has 0 bridgehead atoms. The van der Waals surface area contributed by atoms with Gasteiger partial charge in [-0.15, -0.1) is 0 Å². The normalized spacial score (nSPS) is 13.6. The lowest BCUT2D eigenvalue weighted by Gasteiger charge is -2.27. The average molecular weight is 251 g/mol. The van der Waals surface area contributed by atoms with Gasteiger partial charge in [0.2, 0.25) is 0 Å². The molecule has 1 N–H and O–H groups in total. The Hall–Kier alpha value is -2.11. The van der Waals surface area contributed by atoms with Crippen LogP contribution in [-0.4, -0.2) is 5.11 Å². The van der Waals surface area contributed by atoms with Crippen molar-refractivity contribution in [3.63, 3.8) is 0 Å². The standard InChI is InChI=1S/C17H17NO/c1-12-6-4-9-16(13(12)2)17(3,19)15-8-5-7-14(10-15)11-18/h4-10,19H,1-3H3. The molecule has 0 aliphatic carbocycles. The van der Waals surface area contributed by atoms with Crippen molar-refractivity contribution in [1.82, 2.24) is 0 Å². The van der Waals surface area contributed by atoms with Crippen molar-refractivity contribution in [2.24, 2.45) is 0 Å². The predicted octanol–water partition coefficient (Wildman–Crippen LogP) is 3.43. The van der Waals surface area contributed by atoms with E-state index in [1.54, 1.807) is 25.1 Å². The quantitative estimate of drug-likeness (QED) is 0.888. The van der Waals surface area contributed by atoms with Crippen molar-refractivity contribution < 1.29 is 5.11 Å². The van der Waals surface area contributed by atoms with Crippen LogP contribution in [0.15, 0.2) is 42.5 Å². The summed E-state index contributed by atoms with van der Waals surface area (Å²) in [4.78, 5) is 0. The lowest BCUT2D eigenvalue weighted by Crippen LogP contribution is -2.24. The van der Waals surface area contributed by atoms with E-state index in [0.29, 0.717) is 5.56 Å². The molecule has 2 heteroatoms. The van der Waals surface area contributed by atoms with E-state index in [9.17, 15) is 5.11 Å². The lowest BCUT2D eigenvalue weighted by atomic mass is 9.84. The molecule has 2 aromatic rings. The summed E-state index contributed by atoms with van der Waals surface area (Å²) >= 11 is 0. The van der Waals surface area contributed by atoms with Crippen LogP contribution in [-0.2, 0) is 5.60 Å². The summed E-state index contributed by atoms with van der Waals surface area (Å²) < 4.78 is 0. The highest BCUT2D eigenvalue weighted by Gasteiger charge is 2.27. The van der Waals surface area contributed by atoms with Gasteiger partial charge >= 0.3 is 0 Å². The summed E-state index contributed by atoms with van der Waals surface area (Å²) in [5.74, 6) is 0. The van der Waals surface area contributed by atoms with E-state index >= 15 is 0 Å². The van der Waals surface area contributed by atoms with Crippen molar-refractivity contribution in [2.75, 3.05) is 0 Å². The van der Waals surface area contributed by atoms with Crippen LogP contribution in [0.5, 0.6) is 0 Å². The fourth-order valence-corrected chi connectivity index (χ4v) is 2.33. The Bertz CT molecular complexity index is 651. The van der Waals surface area contributed by atoms with Crippen LogP contribution >= 0.6 is 0 Å². The van der Waals surface area contributed by atoms with Gasteiger partial charge in [-0.05, 0) is 55.2 Å². The highest BCUT2D eigenvalue weighted by atomic mass is 16.3. The van der Waals surface area contributed by atoms with Crippen molar-refractivity contribution in [3.05, 3.63) is 70.3 Å². The smallest absolute Gasteiger partial charge is 0.112 e. The first-order valence-electron chi connectivity index (χ1n) is 6.26. The molecule has 0 saturated carbocycles. The molecule has 96 valence electrons. The van der Waals surface area contributed by atoms with Gasteiger partial charge in [0.15, 0.2) is 0 Å². The number of hydrogen-bond donors (Lipinski definition) is 1. The number of rotatable bonds is 2. The van der Waals surface area contributed by atoms with Crippen molar-refractivity contribution in [2.45, 2.75) is 26.4 Å². The first kappa shape index (κ1) is 13.3. The van der Waals surface area contributed by atoms with Gasteiger partial charge in [0, 0.05) is 0 Å². The molecule has 0 radical (unpaired) electrons.